The predicted molar refractivity (Wildman–Crippen MR) is 143 cm³/mol. The molecule has 0 saturated heterocycles. The van der Waals surface area contributed by atoms with Gasteiger partial charge in [0.15, 0.2) is 0 Å². The molecule has 0 heterocycles. The molecule has 1 rings (SSSR count). The van der Waals surface area contributed by atoms with Crippen molar-refractivity contribution in [3.63, 3.8) is 0 Å². The Morgan fingerprint density at radius 3 is 2.10 bits per heavy atom. The van der Waals surface area contributed by atoms with Crippen LogP contribution in [-0.2, 0) is 35.0 Å². The van der Waals surface area contributed by atoms with Crippen molar-refractivity contribution >= 4 is 23.9 Å². The topological polar surface area (TPSA) is 173 Å². The van der Waals surface area contributed by atoms with Gasteiger partial charge in [0.1, 0.15) is 29.5 Å². The summed E-state index contributed by atoms with van der Waals surface area (Å²) >= 11 is 0. The predicted octanol–water partition coefficient (Wildman–Crippen LogP) is 1.56. The molecule has 0 aliphatic carbocycles. The smallest absolute Gasteiger partial charge is 0.408 e. The van der Waals surface area contributed by atoms with Crippen LogP contribution in [0.15, 0.2) is 24.3 Å². The molecule has 5 N–H and O–H groups in total. The molecule has 0 bridgehead atoms. The second-order valence-electron chi connectivity index (χ2n) is 10.0. The average Bonchev–Trinajstić information content (AvgIpc) is 2.86. The summed E-state index contributed by atoms with van der Waals surface area (Å²) in [6, 6.07) is 2.85. The van der Waals surface area contributed by atoms with Crippen LogP contribution < -0.4 is 16.0 Å². The van der Waals surface area contributed by atoms with Crippen molar-refractivity contribution in [3.05, 3.63) is 29.8 Å². The molecule has 0 spiro atoms. The zero-order valence-electron chi connectivity index (χ0n) is 23.5. The normalized spacial score (nSPS) is 13.5. The molecule has 39 heavy (non-hydrogen) atoms. The van der Waals surface area contributed by atoms with Gasteiger partial charge < -0.3 is 40.4 Å². The summed E-state index contributed by atoms with van der Waals surface area (Å²) in [4.78, 5) is 51.2. The van der Waals surface area contributed by atoms with E-state index in [9.17, 15) is 24.3 Å². The number of unbranched alkanes of at least 4 members (excludes halogenated alkanes) is 1. The Hall–Kier alpha value is -3.38. The minimum atomic E-state index is -1.18. The van der Waals surface area contributed by atoms with Gasteiger partial charge in [-0.25, -0.2) is 9.59 Å². The first kappa shape index (κ1) is 33.6. The Morgan fingerprint density at radius 1 is 0.923 bits per heavy atom. The molecule has 0 unspecified atom stereocenters. The number of rotatable bonds is 16. The lowest BCUT2D eigenvalue weighted by Crippen LogP contribution is -2.57. The minimum absolute atomic E-state index is 0.0572. The standard InChI is InChI=1S/C27H43N3O9/c1-6-15-38-17-22(24(34)28-21(25(35)37-5)16-18-10-12-19(32)13-11-18)29-23(33)20(9-7-8-14-31)30-26(36)39-27(2,3)4/h10-13,20-22,31-32H,6-9,14-17H2,1-5H3,(H,28,34)(H,29,33)(H,30,36)/t20-,21-,22-/m0/s1. The number of carbonyl (C=O) groups is 4. The second-order valence-corrected chi connectivity index (χ2v) is 10.0. The van der Waals surface area contributed by atoms with Crippen molar-refractivity contribution in [3.8, 4) is 5.75 Å². The summed E-state index contributed by atoms with van der Waals surface area (Å²) in [6.45, 7) is 7.05. The van der Waals surface area contributed by atoms with Gasteiger partial charge >= 0.3 is 12.1 Å². The number of carbonyl (C=O) groups excluding carboxylic acids is 4. The molecule has 3 atom stereocenters. The van der Waals surface area contributed by atoms with Crippen LogP contribution in [0.1, 0.15) is 58.9 Å². The number of aliphatic hydroxyl groups is 1. The quantitative estimate of drug-likeness (QED) is 0.150. The highest BCUT2D eigenvalue weighted by atomic mass is 16.6. The number of aliphatic hydroxyl groups excluding tert-OH is 1. The van der Waals surface area contributed by atoms with Crippen LogP contribution in [0.4, 0.5) is 4.79 Å². The fourth-order valence-electron chi connectivity index (χ4n) is 3.46. The van der Waals surface area contributed by atoms with Crippen molar-refractivity contribution in [1.29, 1.82) is 0 Å². The zero-order valence-corrected chi connectivity index (χ0v) is 23.5. The number of amides is 3. The van der Waals surface area contributed by atoms with Gasteiger partial charge in [-0.1, -0.05) is 19.1 Å². The monoisotopic (exact) mass is 553 g/mol. The number of ether oxygens (including phenoxy) is 3. The fraction of sp³-hybridized carbons (Fsp3) is 0.630. The van der Waals surface area contributed by atoms with E-state index in [0.717, 1.165) is 0 Å². The summed E-state index contributed by atoms with van der Waals surface area (Å²) in [5.41, 5.74) is -0.121. The largest absolute Gasteiger partial charge is 0.508 e. The molecule has 220 valence electrons. The molecule has 0 radical (unpaired) electrons. The first-order valence-electron chi connectivity index (χ1n) is 13.0. The number of esters is 1. The number of benzene rings is 1. The SMILES string of the molecule is CCCOC[C@H](NC(=O)[C@H](CCCCO)NC(=O)OC(C)(C)C)C(=O)N[C@@H](Cc1ccc(O)cc1)C(=O)OC. The van der Waals surface area contributed by atoms with Gasteiger partial charge in [0.2, 0.25) is 11.8 Å². The van der Waals surface area contributed by atoms with Gasteiger partial charge in [0.25, 0.3) is 0 Å². The zero-order chi connectivity index (χ0) is 29.4. The van der Waals surface area contributed by atoms with E-state index in [0.29, 0.717) is 31.4 Å². The maximum absolute atomic E-state index is 13.2. The summed E-state index contributed by atoms with van der Waals surface area (Å²) in [5.74, 6) is -1.96. The summed E-state index contributed by atoms with van der Waals surface area (Å²) in [7, 11) is 1.20. The number of hydrogen-bond donors (Lipinski definition) is 5. The van der Waals surface area contributed by atoms with E-state index in [1.165, 1.54) is 19.2 Å². The Balaban J connectivity index is 3.06. The van der Waals surface area contributed by atoms with Gasteiger partial charge in [0.05, 0.1) is 13.7 Å². The average molecular weight is 554 g/mol. The van der Waals surface area contributed by atoms with E-state index in [1.807, 2.05) is 6.92 Å². The van der Waals surface area contributed by atoms with Gasteiger partial charge in [-0.15, -0.1) is 0 Å². The van der Waals surface area contributed by atoms with Crippen LogP contribution in [0.25, 0.3) is 0 Å². The van der Waals surface area contributed by atoms with E-state index in [-0.39, 0.29) is 31.8 Å². The first-order valence-corrected chi connectivity index (χ1v) is 13.0. The summed E-state index contributed by atoms with van der Waals surface area (Å²) in [5, 5.41) is 26.4. The second kappa shape index (κ2) is 17.3. The molecular formula is C27H43N3O9. The Bertz CT molecular complexity index is 916. The number of alkyl carbamates (subject to hydrolysis) is 1. The Morgan fingerprint density at radius 2 is 1.54 bits per heavy atom. The number of aromatic hydroxyl groups is 1. The maximum atomic E-state index is 13.2. The summed E-state index contributed by atoms with van der Waals surface area (Å²) in [6.07, 6.45) is 1.01. The van der Waals surface area contributed by atoms with Gasteiger partial charge in [-0.3, -0.25) is 9.59 Å². The molecular weight excluding hydrogens is 510 g/mol. The van der Waals surface area contributed by atoms with E-state index < -0.39 is 47.6 Å². The molecule has 0 aliphatic rings. The van der Waals surface area contributed by atoms with Gasteiger partial charge in [-0.2, -0.15) is 0 Å². The number of phenolic OH excluding ortho intramolecular Hbond substituents is 1. The summed E-state index contributed by atoms with van der Waals surface area (Å²) < 4.78 is 15.6. The lowest BCUT2D eigenvalue weighted by atomic mass is 10.0. The lowest BCUT2D eigenvalue weighted by Gasteiger charge is -2.26. The van der Waals surface area contributed by atoms with Crippen LogP contribution in [0.3, 0.4) is 0 Å². The first-order chi connectivity index (χ1) is 18.4. The van der Waals surface area contributed by atoms with E-state index in [2.05, 4.69) is 16.0 Å². The third-order valence-electron chi connectivity index (χ3n) is 5.35. The number of nitrogens with one attached hydrogen (secondary N) is 3. The molecule has 12 nitrogen and oxygen atoms in total. The van der Waals surface area contributed by atoms with Crippen molar-refractivity contribution in [2.75, 3.05) is 26.9 Å². The highest BCUT2D eigenvalue weighted by molar-refractivity contribution is 5.93. The maximum Gasteiger partial charge on any atom is 0.408 e. The van der Waals surface area contributed by atoms with Crippen molar-refractivity contribution < 1.29 is 43.6 Å². The van der Waals surface area contributed by atoms with E-state index in [1.54, 1.807) is 32.9 Å². The van der Waals surface area contributed by atoms with Crippen molar-refractivity contribution in [2.24, 2.45) is 0 Å². The van der Waals surface area contributed by atoms with Gasteiger partial charge in [0, 0.05) is 19.6 Å². The van der Waals surface area contributed by atoms with E-state index in [4.69, 9.17) is 19.3 Å². The highest BCUT2D eigenvalue weighted by Gasteiger charge is 2.31. The van der Waals surface area contributed by atoms with Crippen LogP contribution in [0, 0.1) is 0 Å². The Kier molecular flexibility index (Phi) is 14.9. The van der Waals surface area contributed by atoms with Crippen LogP contribution >= 0.6 is 0 Å². The number of methoxy groups -OCH3 is 1. The van der Waals surface area contributed by atoms with Crippen molar-refractivity contribution in [2.45, 2.75) is 83.5 Å². The fourth-order valence-corrected chi connectivity index (χ4v) is 3.46. The molecule has 1 aromatic carbocycles. The lowest BCUT2D eigenvalue weighted by molar-refractivity contribution is -0.145. The molecule has 3 amide bonds. The minimum Gasteiger partial charge on any atom is -0.508 e. The van der Waals surface area contributed by atoms with Crippen LogP contribution in [0.2, 0.25) is 0 Å². The molecule has 0 aliphatic heterocycles. The molecule has 12 heteroatoms. The molecule has 1 aromatic rings. The molecule has 0 aromatic heterocycles. The van der Waals surface area contributed by atoms with Crippen LogP contribution in [-0.4, -0.2) is 84.7 Å². The van der Waals surface area contributed by atoms with Crippen LogP contribution in [0.5, 0.6) is 5.75 Å². The number of phenols is 1. The molecule has 0 saturated carbocycles. The third kappa shape index (κ3) is 13.8. The van der Waals surface area contributed by atoms with Gasteiger partial charge in [-0.05, 0) is 64.2 Å². The Labute approximate surface area is 229 Å². The third-order valence-corrected chi connectivity index (χ3v) is 5.35. The van der Waals surface area contributed by atoms with E-state index >= 15 is 0 Å². The highest BCUT2D eigenvalue weighted by Crippen LogP contribution is 2.12. The number of hydrogen-bond acceptors (Lipinski definition) is 9. The van der Waals surface area contributed by atoms with Crippen molar-refractivity contribution in [1.82, 2.24) is 16.0 Å². The molecule has 0 fully saturated rings.